The zero-order chi connectivity index (χ0) is 18.5. The van der Waals surface area contributed by atoms with Crippen LogP contribution < -0.4 is 16.0 Å². The SMILES string of the molecule is Cc1cccc(C)c1NC(=O)CNC(=O)N[C@@H](c1ccccc1)C1CC1. The number of amides is 3. The quantitative estimate of drug-likeness (QED) is 0.743. The predicted octanol–water partition coefficient (Wildman–Crippen LogP) is 3.69. The van der Waals surface area contributed by atoms with Crippen molar-refractivity contribution in [1.29, 1.82) is 0 Å². The number of benzene rings is 2. The fourth-order valence-corrected chi connectivity index (χ4v) is 3.11. The van der Waals surface area contributed by atoms with Crippen LogP contribution in [0.3, 0.4) is 0 Å². The van der Waals surface area contributed by atoms with Gasteiger partial charge in [0, 0.05) is 5.69 Å². The highest BCUT2D eigenvalue weighted by molar-refractivity contribution is 5.95. The van der Waals surface area contributed by atoms with Gasteiger partial charge in [0.15, 0.2) is 0 Å². The largest absolute Gasteiger partial charge is 0.331 e. The topological polar surface area (TPSA) is 70.2 Å². The summed E-state index contributed by atoms with van der Waals surface area (Å²) < 4.78 is 0. The summed E-state index contributed by atoms with van der Waals surface area (Å²) in [5, 5.41) is 8.54. The average Bonchev–Trinajstić information content (AvgIpc) is 3.47. The van der Waals surface area contributed by atoms with Crippen molar-refractivity contribution in [3.8, 4) is 0 Å². The Morgan fingerprint density at radius 2 is 1.65 bits per heavy atom. The van der Waals surface area contributed by atoms with Gasteiger partial charge in [-0.25, -0.2) is 4.79 Å². The van der Waals surface area contributed by atoms with E-state index >= 15 is 0 Å². The molecule has 0 aliphatic heterocycles. The van der Waals surface area contributed by atoms with E-state index < -0.39 is 0 Å². The molecule has 0 bridgehead atoms. The lowest BCUT2D eigenvalue weighted by molar-refractivity contribution is -0.115. The fourth-order valence-electron chi connectivity index (χ4n) is 3.11. The molecule has 5 heteroatoms. The molecule has 0 spiro atoms. The molecule has 3 amide bonds. The van der Waals surface area contributed by atoms with Crippen molar-refractivity contribution in [2.75, 3.05) is 11.9 Å². The molecule has 1 atom stereocenters. The second kappa shape index (κ2) is 8.04. The molecule has 0 radical (unpaired) electrons. The van der Waals surface area contributed by atoms with Gasteiger partial charge in [0.2, 0.25) is 5.91 Å². The Morgan fingerprint density at radius 1 is 1.00 bits per heavy atom. The molecule has 2 aromatic carbocycles. The predicted molar refractivity (Wildman–Crippen MR) is 103 cm³/mol. The van der Waals surface area contributed by atoms with Crippen molar-refractivity contribution in [1.82, 2.24) is 10.6 Å². The summed E-state index contributed by atoms with van der Waals surface area (Å²) >= 11 is 0. The molecule has 5 nitrogen and oxygen atoms in total. The Hall–Kier alpha value is -2.82. The summed E-state index contributed by atoms with van der Waals surface area (Å²) in [6.07, 6.45) is 2.24. The van der Waals surface area contributed by atoms with Crippen LogP contribution in [-0.2, 0) is 4.79 Å². The Kier molecular flexibility index (Phi) is 5.56. The lowest BCUT2D eigenvalue weighted by atomic mass is 10.0. The number of urea groups is 1. The van der Waals surface area contributed by atoms with E-state index in [0.29, 0.717) is 5.92 Å². The molecule has 26 heavy (non-hydrogen) atoms. The van der Waals surface area contributed by atoms with Gasteiger partial charge in [0.05, 0.1) is 12.6 Å². The average molecular weight is 351 g/mol. The molecule has 1 aliphatic rings. The summed E-state index contributed by atoms with van der Waals surface area (Å²) in [5.41, 5.74) is 3.91. The van der Waals surface area contributed by atoms with Crippen molar-refractivity contribution in [2.24, 2.45) is 5.92 Å². The van der Waals surface area contributed by atoms with Crippen molar-refractivity contribution in [3.63, 3.8) is 0 Å². The number of hydrogen-bond donors (Lipinski definition) is 3. The molecule has 0 saturated heterocycles. The summed E-state index contributed by atoms with van der Waals surface area (Å²) in [6.45, 7) is 3.83. The fraction of sp³-hybridized carbons (Fsp3) is 0.333. The lowest BCUT2D eigenvalue weighted by Crippen LogP contribution is -2.42. The van der Waals surface area contributed by atoms with Crippen molar-refractivity contribution in [3.05, 3.63) is 65.2 Å². The molecular formula is C21H25N3O2. The van der Waals surface area contributed by atoms with Gasteiger partial charge in [0.25, 0.3) is 0 Å². The number of hydrogen-bond acceptors (Lipinski definition) is 2. The first kappa shape index (κ1) is 18.0. The molecule has 0 aromatic heterocycles. The van der Waals surface area contributed by atoms with Crippen LogP contribution in [0.1, 0.15) is 35.6 Å². The van der Waals surface area contributed by atoms with Crippen LogP contribution >= 0.6 is 0 Å². The normalized spacial score (nSPS) is 14.4. The first-order chi connectivity index (χ1) is 12.5. The molecule has 3 N–H and O–H groups in total. The molecule has 0 unspecified atom stereocenters. The highest BCUT2D eigenvalue weighted by Crippen LogP contribution is 2.40. The number of rotatable bonds is 6. The molecule has 3 rings (SSSR count). The number of anilines is 1. The molecule has 0 heterocycles. The Labute approximate surface area is 154 Å². The third-order valence-electron chi connectivity index (χ3n) is 4.69. The molecule has 1 fully saturated rings. The number of aryl methyl sites for hydroxylation is 2. The van der Waals surface area contributed by atoms with E-state index in [4.69, 9.17) is 0 Å². The van der Waals surface area contributed by atoms with E-state index in [1.807, 2.05) is 62.4 Å². The minimum Gasteiger partial charge on any atom is -0.331 e. The van der Waals surface area contributed by atoms with Gasteiger partial charge in [-0.2, -0.15) is 0 Å². The van der Waals surface area contributed by atoms with Crippen LogP contribution in [-0.4, -0.2) is 18.5 Å². The van der Waals surface area contributed by atoms with E-state index in [9.17, 15) is 9.59 Å². The second-order valence-electron chi connectivity index (χ2n) is 6.87. The van der Waals surface area contributed by atoms with Gasteiger partial charge in [0.1, 0.15) is 0 Å². The molecule has 136 valence electrons. The van der Waals surface area contributed by atoms with Crippen LogP contribution in [0.2, 0.25) is 0 Å². The lowest BCUT2D eigenvalue weighted by Gasteiger charge is -2.19. The number of nitrogens with one attached hydrogen (secondary N) is 3. The highest BCUT2D eigenvalue weighted by atomic mass is 16.2. The Morgan fingerprint density at radius 3 is 2.27 bits per heavy atom. The standard InChI is InChI=1S/C21H25N3O2/c1-14-7-6-8-15(2)19(14)23-18(25)13-22-21(26)24-20(17-11-12-17)16-9-4-3-5-10-16/h3-10,17,20H,11-13H2,1-2H3,(H,23,25)(H2,22,24,26)/t20-/m0/s1. The van der Waals surface area contributed by atoms with Crippen LogP contribution in [0.15, 0.2) is 48.5 Å². The number of carbonyl (C=O) groups excluding carboxylic acids is 2. The van der Waals surface area contributed by atoms with Gasteiger partial charge >= 0.3 is 6.03 Å². The number of para-hydroxylation sites is 1. The van der Waals surface area contributed by atoms with Gasteiger partial charge in [-0.05, 0) is 49.3 Å². The molecule has 1 aliphatic carbocycles. The zero-order valence-corrected chi connectivity index (χ0v) is 15.2. The summed E-state index contributed by atoms with van der Waals surface area (Å²) in [5.74, 6) is 0.242. The molecule has 1 saturated carbocycles. The van der Waals surface area contributed by atoms with Crippen molar-refractivity contribution < 1.29 is 9.59 Å². The van der Waals surface area contributed by atoms with Crippen LogP contribution in [0.25, 0.3) is 0 Å². The van der Waals surface area contributed by atoms with E-state index in [-0.39, 0.29) is 24.5 Å². The first-order valence-electron chi connectivity index (χ1n) is 9.00. The second-order valence-corrected chi connectivity index (χ2v) is 6.87. The Bertz CT molecular complexity index is 765. The maximum absolute atomic E-state index is 12.2. The Balaban J connectivity index is 1.52. The van der Waals surface area contributed by atoms with Crippen molar-refractivity contribution in [2.45, 2.75) is 32.7 Å². The van der Waals surface area contributed by atoms with E-state index in [2.05, 4.69) is 16.0 Å². The van der Waals surface area contributed by atoms with E-state index in [1.165, 1.54) is 0 Å². The monoisotopic (exact) mass is 351 g/mol. The van der Waals surface area contributed by atoms with Crippen LogP contribution in [0.5, 0.6) is 0 Å². The van der Waals surface area contributed by atoms with Crippen LogP contribution in [0, 0.1) is 19.8 Å². The van der Waals surface area contributed by atoms with E-state index in [0.717, 1.165) is 35.2 Å². The third-order valence-corrected chi connectivity index (χ3v) is 4.69. The molecule has 2 aromatic rings. The van der Waals surface area contributed by atoms with Gasteiger partial charge in [-0.1, -0.05) is 48.5 Å². The summed E-state index contributed by atoms with van der Waals surface area (Å²) in [7, 11) is 0. The van der Waals surface area contributed by atoms with Crippen molar-refractivity contribution >= 4 is 17.6 Å². The summed E-state index contributed by atoms with van der Waals surface area (Å²) in [4.78, 5) is 24.4. The third kappa shape index (κ3) is 4.63. The van der Waals surface area contributed by atoms with Gasteiger partial charge in [-0.15, -0.1) is 0 Å². The van der Waals surface area contributed by atoms with E-state index in [1.54, 1.807) is 0 Å². The van der Waals surface area contributed by atoms with Gasteiger partial charge in [-0.3, -0.25) is 4.79 Å². The number of carbonyl (C=O) groups is 2. The maximum atomic E-state index is 12.2. The maximum Gasteiger partial charge on any atom is 0.315 e. The minimum absolute atomic E-state index is 0.00197. The summed E-state index contributed by atoms with van der Waals surface area (Å²) in [6, 6.07) is 15.5. The smallest absolute Gasteiger partial charge is 0.315 e. The molecular weight excluding hydrogens is 326 g/mol. The minimum atomic E-state index is -0.317. The first-order valence-corrected chi connectivity index (χ1v) is 9.00. The van der Waals surface area contributed by atoms with Gasteiger partial charge < -0.3 is 16.0 Å². The zero-order valence-electron chi connectivity index (χ0n) is 15.2. The van der Waals surface area contributed by atoms with Crippen LogP contribution in [0.4, 0.5) is 10.5 Å². The highest BCUT2D eigenvalue weighted by Gasteiger charge is 2.33.